The normalized spacial score (nSPS) is 22.8. The first-order valence-corrected chi connectivity index (χ1v) is 27.3. The minimum absolute atomic E-state index is 0.0587. The van der Waals surface area contributed by atoms with Crippen LogP contribution in [-0.2, 0) is 36.1 Å². The highest BCUT2D eigenvalue weighted by atomic mass is 19.1. The van der Waals surface area contributed by atoms with Crippen molar-refractivity contribution < 1.29 is 37.4 Å². The van der Waals surface area contributed by atoms with Crippen molar-refractivity contribution in [2.24, 2.45) is 12.5 Å². The van der Waals surface area contributed by atoms with E-state index >= 15 is 8.78 Å². The van der Waals surface area contributed by atoms with Crippen molar-refractivity contribution >= 4 is 61.8 Å². The summed E-state index contributed by atoms with van der Waals surface area (Å²) < 4.78 is 57.9. The van der Waals surface area contributed by atoms with Gasteiger partial charge in [-0.3, -0.25) is 38.9 Å². The number of phenolic OH excluding ortho intramolecular Hbond substituents is 1. The second kappa shape index (κ2) is 19.0. The van der Waals surface area contributed by atoms with Gasteiger partial charge in [-0.25, -0.2) is 13.2 Å². The third-order valence-corrected chi connectivity index (χ3v) is 17.7. The number of benzene rings is 3. The van der Waals surface area contributed by atoms with Crippen molar-refractivity contribution in [1.29, 1.82) is 0 Å². The van der Waals surface area contributed by atoms with Crippen LogP contribution in [0.2, 0.25) is 0 Å². The summed E-state index contributed by atoms with van der Waals surface area (Å²) in [7, 11) is 1.90. The van der Waals surface area contributed by atoms with Gasteiger partial charge < -0.3 is 24.5 Å². The molecule has 0 bridgehead atoms. The summed E-state index contributed by atoms with van der Waals surface area (Å²) >= 11 is 0. The van der Waals surface area contributed by atoms with Crippen molar-refractivity contribution in [3.63, 3.8) is 0 Å². The number of hydrogen-bond donors (Lipinski definition) is 2. The molecule has 0 radical (unpaired) electrons. The highest BCUT2D eigenvalue weighted by Gasteiger charge is 2.50. The number of nitrogens with one attached hydrogen (secondary N) is 1. The molecule has 0 aliphatic carbocycles. The van der Waals surface area contributed by atoms with E-state index in [1.54, 1.807) is 6.07 Å². The Hall–Kier alpha value is -7.35. The van der Waals surface area contributed by atoms with E-state index in [-0.39, 0.29) is 71.2 Å². The number of aromatic hydroxyl groups is 1. The number of carbonyl (C=O) groups excluding carboxylic acids is 3. The zero-order valence-corrected chi connectivity index (χ0v) is 43.3. The summed E-state index contributed by atoms with van der Waals surface area (Å²) in [6, 6.07) is 13.7. The van der Waals surface area contributed by atoms with Gasteiger partial charge in [0.25, 0.3) is 5.91 Å². The number of phenols is 1. The van der Waals surface area contributed by atoms with Gasteiger partial charge in [0.1, 0.15) is 41.4 Å². The van der Waals surface area contributed by atoms with Crippen LogP contribution < -0.4 is 19.9 Å². The molecule has 6 aliphatic heterocycles. The van der Waals surface area contributed by atoms with Gasteiger partial charge in [0.15, 0.2) is 11.5 Å². The molecule has 17 nitrogen and oxygen atoms in total. The van der Waals surface area contributed by atoms with E-state index in [0.29, 0.717) is 97.3 Å². The molecule has 3 aromatic carbocycles. The Labute approximate surface area is 442 Å². The van der Waals surface area contributed by atoms with Crippen LogP contribution in [0.4, 0.5) is 24.7 Å². The summed E-state index contributed by atoms with van der Waals surface area (Å²) in [5.41, 5.74) is 3.69. The number of amides is 3. The summed E-state index contributed by atoms with van der Waals surface area (Å²) in [6.07, 6.45) is 7.88. The maximum atomic E-state index is 17.5. The molecule has 0 saturated carbocycles. The Morgan fingerprint density at radius 1 is 0.922 bits per heavy atom. The van der Waals surface area contributed by atoms with Crippen molar-refractivity contribution in [1.82, 2.24) is 49.6 Å². The molecule has 4 aromatic heterocycles. The van der Waals surface area contributed by atoms with E-state index in [9.17, 15) is 23.9 Å². The molecule has 3 atom stereocenters. The molecule has 20 heteroatoms. The lowest BCUT2D eigenvalue weighted by molar-refractivity contribution is -0.134. The SMILES string of the molecule is CCc1c(F)ccc2cc(O)cc(-c3ncc4c(N5CCCn6nc(C(=O)N7CCCC8(CCN(c9cccc%10c(C%11CCC(=O)NC%11=O)nn(C)c9%10)CC8)C7)cc6C5)nc(OC[C@@]56CCCN5C[C@H](F)C6)nc4c3F)c12. The Morgan fingerprint density at radius 3 is 2.60 bits per heavy atom. The standard InChI is InChI=1S/C57H61F3N12O5/c1-3-37-42(59)12-10-33-24-36(73)26-40(46(33)37)49-47(60)50-41(28-61-49)52(64-55(63-50)77-32-57-15-6-20-71(57)29-34(58)27-57)69-19-7-21-72-35(30-69)25-43(65-72)54(76)70-18-5-14-56(31-70)16-22-68(23-17-56)44-9-4-8-38-48(66-67(2)51(38)44)39-11-13-45(74)62-53(39)75/h4,8-10,12,24-26,28,34,39,73H,3,5-7,11,13-23,27,29-32H2,1-2H3,(H,62,74,75)/t34-,39?,57+/m1/s1. The number of anilines is 2. The van der Waals surface area contributed by atoms with E-state index in [1.165, 1.54) is 24.4 Å². The topological polar surface area (TPSA) is 180 Å². The number of carbonyl (C=O) groups is 3. The summed E-state index contributed by atoms with van der Waals surface area (Å²) in [4.78, 5) is 62.2. The van der Waals surface area contributed by atoms with Gasteiger partial charge in [0.05, 0.1) is 46.0 Å². The molecule has 77 heavy (non-hydrogen) atoms. The molecule has 3 amide bonds. The molecule has 5 fully saturated rings. The fourth-order valence-corrected chi connectivity index (χ4v) is 13.9. The molecule has 1 spiro atoms. The Morgan fingerprint density at radius 2 is 1.77 bits per heavy atom. The molecule has 1 unspecified atom stereocenters. The summed E-state index contributed by atoms with van der Waals surface area (Å²) in [5, 5.41) is 25.3. The van der Waals surface area contributed by atoms with Crippen LogP contribution in [0.15, 0.2) is 54.7 Å². The van der Waals surface area contributed by atoms with Crippen LogP contribution in [0.3, 0.4) is 0 Å². The van der Waals surface area contributed by atoms with Crippen molar-refractivity contribution in [3.8, 4) is 23.0 Å². The number of fused-ring (bicyclic) bond motifs is 5. The van der Waals surface area contributed by atoms with Crippen LogP contribution in [0.5, 0.6) is 11.8 Å². The van der Waals surface area contributed by atoms with Crippen LogP contribution in [0, 0.1) is 17.0 Å². The molecule has 13 rings (SSSR count). The first-order chi connectivity index (χ1) is 37.3. The number of nitrogens with zero attached hydrogens (tertiary/aromatic N) is 11. The van der Waals surface area contributed by atoms with Crippen LogP contribution in [0.25, 0.3) is 43.8 Å². The number of alkyl halides is 1. The second-order valence-corrected chi connectivity index (χ2v) is 22.4. The number of ether oxygens (including phenoxy) is 1. The molecule has 6 aliphatic rings. The lowest BCUT2D eigenvalue weighted by Gasteiger charge is -2.48. The average Bonchev–Trinajstić information content (AvgIpc) is 4.15. The Kier molecular flexibility index (Phi) is 12.1. The van der Waals surface area contributed by atoms with Gasteiger partial charge in [0.2, 0.25) is 11.8 Å². The van der Waals surface area contributed by atoms with Crippen LogP contribution >= 0.6 is 0 Å². The van der Waals surface area contributed by atoms with E-state index in [0.717, 1.165) is 80.4 Å². The highest BCUT2D eigenvalue weighted by molar-refractivity contribution is 6.04. The number of pyridine rings is 1. The number of aromatic nitrogens is 7. The molecule has 400 valence electrons. The number of hydrogen-bond acceptors (Lipinski definition) is 13. The first kappa shape index (κ1) is 49.2. The predicted molar refractivity (Wildman–Crippen MR) is 283 cm³/mol. The zero-order chi connectivity index (χ0) is 52.9. The highest BCUT2D eigenvalue weighted by Crippen LogP contribution is 2.45. The average molecular weight is 1050 g/mol. The summed E-state index contributed by atoms with van der Waals surface area (Å²) in [5.74, 6) is -2.14. The minimum Gasteiger partial charge on any atom is -0.508 e. The fraction of sp³-hybridized carbons (Fsp3) is 0.474. The third-order valence-electron chi connectivity index (χ3n) is 17.7. The number of rotatable bonds is 9. The van der Waals surface area contributed by atoms with Crippen molar-refractivity contribution in [3.05, 3.63) is 89.0 Å². The van der Waals surface area contributed by atoms with Gasteiger partial charge >= 0.3 is 6.01 Å². The number of imide groups is 1. The maximum Gasteiger partial charge on any atom is 0.319 e. The van der Waals surface area contributed by atoms with Crippen LogP contribution in [0.1, 0.15) is 104 Å². The molecular weight excluding hydrogens is 990 g/mol. The van der Waals surface area contributed by atoms with Gasteiger partial charge in [0, 0.05) is 82.8 Å². The number of piperidine rings is 3. The predicted octanol–water partition coefficient (Wildman–Crippen LogP) is 7.88. The molecule has 5 saturated heterocycles. The largest absolute Gasteiger partial charge is 0.508 e. The fourth-order valence-electron chi connectivity index (χ4n) is 13.9. The van der Waals surface area contributed by atoms with Gasteiger partial charge in [-0.2, -0.15) is 20.2 Å². The van der Waals surface area contributed by atoms with E-state index < -0.39 is 29.3 Å². The van der Waals surface area contributed by atoms with E-state index in [2.05, 4.69) is 26.2 Å². The Balaban J connectivity index is 0.767. The minimum atomic E-state index is -0.980. The lowest BCUT2D eigenvalue weighted by Crippen LogP contribution is -2.51. The molecule has 10 heterocycles. The lowest BCUT2D eigenvalue weighted by atomic mass is 9.72. The molecule has 2 N–H and O–H groups in total. The third kappa shape index (κ3) is 8.48. The quantitative estimate of drug-likeness (QED) is 0.134. The van der Waals surface area contributed by atoms with Gasteiger partial charge in [-0.15, -0.1) is 0 Å². The summed E-state index contributed by atoms with van der Waals surface area (Å²) in [6.45, 7) is 7.20. The molecular formula is C57H61F3N12O5. The smallest absolute Gasteiger partial charge is 0.319 e. The number of aryl methyl sites for hydroxylation is 3. The second-order valence-electron chi connectivity index (χ2n) is 22.4. The molecule has 7 aromatic rings. The Bertz CT molecular complexity index is 3560. The van der Waals surface area contributed by atoms with Crippen molar-refractivity contribution in [2.45, 2.75) is 108 Å². The number of likely N-dealkylation sites (tertiary alicyclic amines) is 1. The monoisotopic (exact) mass is 1050 g/mol. The van der Waals surface area contributed by atoms with Crippen LogP contribution in [-0.4, -0.2) is 131 Å². The van der Waals surface area contributed by atoms with Crippen molar-refractivity contribution in [2.75, 3.05) is 62.2 Å². The maximum absolute atomic E-state index is 17.5. The van der Waals surface area contributed by atoms with Gasteiger partial charge in [-0.1, -0.05) is 25.1 Å². The van der Waals surface area contributed by atoms with E-state index in [1.807, 2.05) is 51.3 Å². The zero-order valence-electron chi connectivity index (χ0n) is 43.3. The van der Waals surface area contributed by atoms with Gasteiger partial charge in [-0.05, 0) is 116 Å². The number of halogens is 3. The number of para-hydroxylation sites is 1. The van der Waals surface area contributed by atoms with E-state index in [4.69, 9.17) is 24.9 Å². The first-order valence-electron chi connectivity index (χ1n) is 27.3.